The van der Waals surface area contributed by atoms with Gasteiger partial charge in [0.05, 0.1) is 12.2 Å². The molecule has 0 radical (unpaired) electrons. The maximum atomic E-state index is 11.1. The largest absolute Gasteiger partial charge is 0.393 e. The molecule has 10 unspecified atom stereocenters. The molecule has 0 bridgehead atoms. The summed E-state index contributed by atoms with van der Waals surface area (Å²) in [6, 6.07) is 0. The van der Waals surface area contributed by atoms with E-state index in [1.165, 1.54) is 57.8 Å². The van der Waals surface area contributed by atoms with Gasteiger partial charge in [-0.1, -0.05) is 27.7 Å². The van der Waals surface area contributed by atoms with Crippen LogP contribution in [0.4, 0.5) is 0 Å². The van der Waals surface area contributed by atoms with Crippen LogP contribution in [-0.4, -0.2) is 36.0 Å². The van der Waals surface area contributed by atoms with Crippen molar-refractivity contribution >= 4 is 0 Å². The molecule has 3 nitrogen and oxygen atoms in total. The lowest BCUT2D eigenvalue weighted by Gasteiger charge is -2.57. The molecule has 0 aliphatic heterocycles. The van der Waals surface area contributed by atoms with Crippen LogP contribution in [0.5, 0.6) is 0 Å². The number of hydrogen-bond donors (Lipinski definition) is 3. The number of hydrogen-bond acceptors (Lipinski definition) is 3. The zero-order chi connectivity index (χ0) is 19.7. The molecule has 0 heterocycles. The molecule has 3 N–H and O–H groups in total. The normalized spacial score (nSPS) is 55.1. The van der Waals surface area contributed by atoms with Crippen LogP contribution in [0.2, 0.25) is 0 Å². The Morgan fingerprint density at radius 2 is 1.62 bits per heavy atom. The van der Waals surface area contributed by atoms with E-state index >= 15 is 0 Å². The molecule has 0 aromatic rings. The fourth-order valence-corrected chi connectivity index (χ4v) is 9.85. The van der Waals surface area contributed by atoms with E-state index in [0.29, 0.717) is 28.1 Å². The fourth-order valence-electron chi connectivity index (χ4n) is 9.85. The van der Waals surface area contributed by atoms with E-state index in [0.717, 1.165) is 37.1 Å². The smallest absolute Gasteiger partial charge is 0.0576 e. The zero-order valence-electron chi connectivity index (χ0n) is 18.4. The van der Waals surface area contributed by atoms with Crippen LogP contribution >= 0.6 is 0 Å². The van der Waals surface area contributed by atoms with E-state index in [9.17, 15) is 10.2 Å². The van der Waals surface area contributed by atoms with Crippen LogP contribution < -0.4 is 5.32 Å². The van der Waals surface area contributed by atoms with Crippen molar-refractivity contribution in [2.45, 2.75) is 104 Å². The second-order valence-electron chi connectivity index (χ2n) is 11.9. The molecule has 0 aromatic carbocycles. The fraction of sp³-hybridized carbons (Fsp3) is 1.00. The van der Waals surface area contributed by atoms with Gasteiger partial charge in [-0.15, -0.1) is 0 Å². The van der Waals surface area contributed by atoms with Gasteiger partial charge < -0.3 is 15.5 Å². The maximum absolute atomic E-state index is 11.1. The third-order valence-electron chi connectivity index (χ3n) is 11.3. The molecule has 5 aliphatic carbocycles. The summed E-state index contributed by atoms with van der Waals surface area (Å²) in [5.41, 5.74) is 1.51. The standard InChI is InChI=1S/C25H43NO2.CH4/c1-16-17-7-8-18-20-14-22(28)19(6-4-5-13-26-3)23(20,2)11-12-25(18)15-24(17,25)10-9-21(16)27;/h16-22,26-28H,4-15H2,1-3H3;1H4. The van der Waals surface area contributed by atoms with E-state index in [-0.39, 0.29) is 19.6 Å². The van der Waals surface area contributed by atoms with Gasteiger partial charge in [-0.3, -0.25) is 0 Å². The molecule has 5 fully saturated rings. The highest BCUT2D eigenvalue weighted by Crippen LogP contribution is 2.85. The average Bonchev–Trinajstić information content (AvgIpc) is 3.27. The molecule has 29 heavy (non-hydrogen) atoms. The maximum Gasteiger partial charge on any atom is 0.0576 e. The van der Waals surface area contributed by atoms with Crippen LogP contribution in [0.15, 0.2) is 0 Å². The topological polar surface area (TPSA) is 52.5 Å². The van der Waals surface area contributed by atoms with Crippen LogP contribution in [0.3, 0.4) is 0 Å². The number of nitrogens with one attached hydrogen (secondary N) is 1. The second-order valence-corrected chi connectivity index (χ2v) is 11.9. The molecule has 5 saturated carbocycles. The highest BCUT2D eigenvalue weighted by molar-refractivity contribution is 5.27. The number of aliphatic hydroxyl groups excluding tert-OH is 2. The van der Waals surface area contributed by atoms with Crippen LogP contribution in [-0.2, 0) is 0 Å². The lowest BCUT2D eigenvalue weighted by molar-refractivity contribution is -0.0986. The van der Waals surface area contributed by atoms with Crippen LogP contribution in [0.1, 0.15) is 91.9 Å². The van der Waals surface area contributed by atoms with E-state index < -0.39 is 0 Å². The van der Waals surface area contributed by atoms with Crippen molar-refractivity contribution in [2.75, 3.05) is 13.6 Å². The van der Waals surface area contributed by atoms with Gasteiger partial charge >= 0.3 is 0 Å². The summed E-state index contributed by atoms with van der Waals surface area (Å²) in [6.07, 6.45) is 13.8. The third kappa shape index (κ3) is 2.85. The van der Waals surface area contributed by atoms with Gasteiger partial charge in [0.25, 0.3) is 0 Å². The summed E-state index contributed by atoms with van der Waals surface area (Å²) < 4.78 is 0. The highest BCUT2D eigenvalue weighted by atomic mass is 16.3. The molecule has 3 heteroatoms. The summed E-state index contributed by atoms with van der Waals surface area (Å²) >= 11 is 0. The minimum absolute atomic E-state index is 0. The number of unbranched alkanes of at least 4 members (excludes halogenated alkanes) is 1. The van der Waals surface area contributed by atoms with Crippen LogP contribution in [0, 0.1) is 45.8 Å². The van der Waals surface area contributed by atoms with E-state index in [1.807, 2.05) is 7.05 Å². The van der Waals surface area contributed by atoms with Crippen molar-refractivity contribution < 1.29 is 10.2 Å². The minimum atomic E-state index is -0.0701. The lowest BCUT2D eigenvalue weighted by Crippen LogP contribution is -2.51. The highest BCUT2D eigenvalue weighted by Gasteiger charge is 2.79. The summed E-state index contributed by atoms with van der Waals surface area (Å²) in [5, 5.41) is 24.8. The number of aliphatic hydroxyl groups is 2. The Labute approximate surface area is 179 Å². The Morgan fingerprint density at radius 3 is 2.38 bits per heavy atom. The summed E-state index contributed by atoms with van der Waals surface area (Å²) in [6.45, 7) is 5.98. The van der Waals surface area contributed by atoms with Crippen molar-refractivity contribution in [3.63, 3.8) is 0 Å². The van der Waals surface area contributed by atoms with Crippen molar-refractivity contribution in [3.05, 3.63) is 0 Å². The molecule has 0 amide bonds. The summed E-state index contributed by atoms with van der Waals surface area (Å²) in [7, 11) is 2.04. The molecular weight excluding hydrogens is 358 g/mol. The van der Waals surface area contributed by atoms with Crippen molar-refractivity contribution in [1.29, 1.82) is 0 Å². The Morgan fingerprint density at radius 1 is 0.897 bits per heavy atom. The Balaban J connectivity index is 0.00000205. The Hall–Kier alpha value is -0.120. The van der Waals surface area contributed by atoms with E-state index in [2.05, 4.69) is 19.2 Å². The second kappa shape index (κ2) is 7.48. The first-order chi connectivity index (χ1) is 13.4. The molecule has 2 spiro atoms. The predicted molar refractivity (Wildman–Crippen MR) is 120 cm³/mol. The van der Waals surface area contributed by atoms with Gasteiger partial charge in [0.15, 0.2) is 0 Å². The number of fused-ring (bicyclic) bond motifs is 2. The summed E-state index contributed by atoms with van der Waals surface area (Å²) in [4.78, 5) is 0. The quantitative estimate of drug-likeness (QED) is 0.564. The predicted octanol–water partition coefficient (Wildman–Crippen LogP) is 5.00. The van der Waals surface area contributed by atoms with Crippen molar-refractivity contribution in [2.24, 2.45) is 45.8 Å². The molecule has 5 aliphatic rings. The number of rotatable bonds is 5. The lowest BCUT2D eigenvalue weighted by atomic mass is 9.48. The zero-order valence-corrected chi connectivity index (χ0v) is 18.4. The molecular formula is C26H47NO2. The third-order valence-corrected chi connectivity index (χ3v) is 11.3. The van der Waals surface area contributed by atoms with Gasteiger partial charge in [0.2, 0.25) is 0 Å². The molecule has 10 atom stereocenters. The van der Waals surface area contributed by atoms with Crippen molar-refractivity contribution in [3.8, 4) is 0 Å². The monoisotopic (exact) mass is 405 g/mol. The average molecular weight is 406 g/mol. The van der Waals surface area contributed by atoms with Gasteiger partial charge in [-0.05, 0) is 124 Å². The Kier molecular flexibility index (Phi) is 5.70. The minimum Gasteiger partial charge on any atom is -0.393 e. The molecule has 0 aromatic heterocycles. The summed E-state index contributed by atoms with van der Waals surface area (Å²) in [5.74, 6) is 3.37. The Bertz CT molecular complexity index is 610. The molecule has 5 rings (SSSR count). The first-order valence-corrected chi connectivity index (χ1v) is 12.4. The van der Waals surface area contributed by atoms with Gasteiger partial charge in [0, 0.05) is 0 Å². The first-order valence-electron chi connectivity index (χ1n) is 12.4. The van der Waals surface area contributed by atoms with Crippen molar-refractivity contribution in [1.82, 2.24) is 5.32 Å². The van der Waals surface area contributed by atoms with Gasteiger partial charge in [-0.25, -0.2) is 0 Å². The SMILES string of the molecule is C.CNCCCCC1C(O)CC2C3CCC4C(C)C(O)CCC45CC35CCC12C. The molecule has 0 saturated heterocycles. The van der Waals surface area contributed by atoms with E-state index in [4.69, 9.17) is 0 Å². The van der Waals surface area contributed by atoms with E-state index in [1.54, 1.807) is 0 Å². The molecule has 168 valence electrons. The first kappa shape index (κ1) is 22.1. The van der Waals surface area contributed by atoms with Gasteiger partial charge in [0.1, 0.15) is 0 Å². The van der Waals surface area contributed by atoms with Gasteiger partial charge in [-0.2, -0.15) is 0 Å². The van der Waals surface area contributed by atoms with Crippen LogP contribution in [0.25, 0.3) is 0 Å².